The Morgan fingerprint density at radius 2 is 2.04 bits per heavy atom. The molecule has 5 nitrogen and oxygen atoms in total. The second-order valence-corrected chi connectivity index (χ2v) is 7.06. The minimum Gasteiger partial charge on any atom is -0.543 e. The Kier molecular flexibility index (Phi) is 5.33. The molecule has 1 N–H and O–H groups in total. The molecule has 0 spiro atoms. The number of carboxylic acids is 1. The molecule has 0 radical (unpaired) electrons. The van der Waals surface area contributed by atoms with Crippen molar-refractivity contribution in [2.45, 2.75) is 51.0 Å². The Bertz CT molecular complexity index is 874. The van der Waals surface area contributed by atoms with Crippen molar-refractivity contribution in [1.82, 2.24) is 4.57 Å². The normalized spacial score (nSPS) is 21.2. The number of anilines is 1. The summed E-state index contributed by atoms with van der Waals surface area (Å²) in [6, 6.07) is 9.36. The Hall–Kier alpha value is -1.56. The molecule has 0 fully saturated rings. The van der Waals surface area contributed by atoms with Crippen LogP contribution in [0.1, 0.15) is 55.2 Å². The summed E-state index contributed by atoms with van der Waals surface area (Å²) in [4.78, 5) is 24.1. The topological polar surface area (TPSA) is 74.2 Å². The third-order valence-corrected chi connectivity index (χ3v) is 5.84. The second-order valence-electron chi connectivity index (χ2n) is 7.06. The number of para-hydroxylation sites is 1. The third-order valence-electron chi connectivity index (χ3n) is 5.84. The van der Waals surface area contributed by atoms with Gasteiger partial charge in [-0.2, -0.15) is 0 Å². The molecule has 6 heteroatoms. The van der Waals surface area contributed by atoms with Gasteiger partial charge in [-0.15, -0.1) is 0 Å². The van der Waals surface area contributed by atoms with Gasteiger partial charge < -0.3 is 19.8 Å². The molecule has 3 heterocycles. The van der Waals surface area contributed by atoms with E-state index in [1.54, 1.807) is 6.07 Å². The number of carbonyl (C=O) groups is 2. The number of aromatic nitrogens is 1. The van der Waals surface area contributed by atoms with E-state index in [0.717, 1.165) is 48.2 Å². The van der Waals surface area contributed by atoms with Crippen LogP contribution >= 0.6 is 0 Å². The largest absolute Gasteiger partial charge is 1.00 e. The minimum atomic E-state index is -1.14. The van der Waals surface area contributed by atoms with Gasteiger partial charge in [0, 0.05) is 40.9 Å². The Labute approximate surface area is 175 Å². The van der Waals surface area contributed by atoms with Crippen LogP contribution in [0.3, 0.4) is 0 Å². The number of nitrogens with one attached hydrogen (secondary N) is 1. The number of hydrogen-bond donors (Lipinski definition) is 1. The predicted octanol–water partition coefficient (Wildman–Crippen LogP) is -0.303. The fourth-order valence-electron chi connectivity index (χ4n) is 4.58. The zero-order valence-corrected chi connectivity index (χ0v) is 17.3. The van der Waals surface area contributed by atoms with Gasteiger partial charge in [0.05, 0.1) is 11.7 Å². The van der Waals surface area contributed by atoms with Gasteiger partial charge in [-0.25, -0.2) is 0 Å². The Morgan fingerprint density at radius 1 is 1.27 bits per heavy atom. The minimum absolute atomic E-state index is 0. The van der Waals surface area contributed by atoms with Crippen molar-refractivity contribution in [3.8, 4) is 11.1 Å². The van der Waals surface area contributed by atoms with Crippen LogP contribution in [0.25, 0.3) is 11.1 Å². The van der Waals surface area contributed by atoms with Crippen LogP contribution in [-0.4, -0.2) is 16.4 Å². The first-order valence-electron chi connectivity index (χ1n) is 8.90. The molecule has 26 heavy (non-hydrogen) atoms. The summed E-state index contributed by atoms with van der Waals surface area (Å²) in [5, 5.41) is 14.7. The molecule has 130 valence electrons. The van der Waals surface area contributed by atoms with E-state index in [1.165, 1.54) is 0 Å². The van der Waals surface area contributed by atoms with Crippen LogP contribution in [-0.2, 0) is 16.8 Å². The maximum atomic E-state index is 12.4. The van der Waals surface area contributed by atoms with Crippen LogP contribution in [0.15, 0.2) is 30.3 Å². The summed E-state index contributed by atoms with van der Waals surface area (Å²) in [6.07, 6.45) is 3.94. The maximum Gasteiger partial charge on any atom is 1.00 e. The van der Waals surface area contributed by atoms with Crippen LogP contribution in [0.2, 0.25) is 0 Å². The van der Waals surface area contributed by atoms with Crippen molar-refractivity contribution in [2.24, 2.45) is 0 Å². The van der Waals surface area contributed by atoms with E-state index in [1.807, 2.05) is 28.8 Å². The second kappa shape index (κ2) is 7.22. The maximum absolute atomic E-state index is 12.4. The molecule has 0 bridgehead atoms. The molecule has 4 rings (SSSR count). The van der Waals surface area contributed by atoms with Gasteiger partial charge in [-0.3, -0.25) is 4.79 Å². The molecule has 0 aliphatic carbocycles. The van der Waals surface area contributed by atoms with E-state index in [4.69, 9.17) is 0 Å². The molecule has 2 aliphatic rings. The number of aromatic carboxylic acids is 1. The van der Waals surface area contributed by atoms with E-state index in [0.29, 0.717) is 13.0 Å². The first kappa shape index (κ1) is 19.2. The Morgan fingerprint density at radius 3 is 2.77 bits per heavy atom. The van der Waals surface area contributed by atoms with Gasteiger partial charge in [0.2, 0.25) is 5.91 Å². The van der Waals surface area contributed by atoms with Gasteiger partial charge in [0.15, 0.2) is 0 Å². The fraction of sp³-hybridized carbons (Fsp3) is 0.400. The number of carboxylic acid groups (broad SMARTS) is 1. The van der Waals surface area contributed by atoms with Gasteiger partial charge >= 0.3 is 29.6 Å². The van der Waals surface area contributed by atoms with Crippen molar-refractivity contribution < 1.29 is 44.3 Å². The number of nitrogens with zero attached hydrogens (tertiary/aromatic N) is 1. The molecule has 0 saturated heterocycles. The van der Waals surface area contributed by atoms with Gasteiger partial charge in [-0.05, 0) is 37.8 Å². The van der Waals surface area contributed by atoms with E-state index in [2.05, 4.69) is 12.2 Å². The number of hydrogen-bond acceptors (Lipinski definition) is 3. The SMILES string of the molecule is CC[C@]12CCCn3c(C(=O)[O-])cc(c31)-c1ccccc1NC(=O)CC2.[Na+]. The molecule has 1 atom stereocenters. The summed E-state index contributed by atoms with van der Waals surface area (Å²) in [6.45, 7) is 2.82. The van der Waals surface area contributed by atoms with Gasteiger partial charge in [0.1, 0.15) is 0 Å². The smallest absolute Gasteiger partial charge is 0.543 e. The van der Waals surface area contributed by atoms with E-state index in [-0.39, 0.29) is 46.6 Å². The zero-order valence-electron chi connectivity index (χ0n) is 15.3. The van der Waals surface area contributed by atoms with Crippen molar-refractivity contribution in [2.75, 3.05) is 5.32 Å². The summed E-state index contributed by atoms with van der Waals surface area (Å²) >= 11 is 0. The first-order valence-corrected chi connectivity index (χ1v) is 8.90. The molecule has 2 aliphatic heterocycles. The van der Waals surface area contributed by atoms with E-state index < -0.39 is 5.97 Å². The summed E-state index contributed by atoms with van der Waals surface area (Å²) < 4.78 is 1.92. The number of benzene rings is 1. The Balaban J connectivity index is 0.00000196. The van der Waals surface area contributed by atoms with Gasteiger partial charge in [-0.1, -0.05) is 25.1 Å². The summed E-state index contributed by atoms with van der Waals surface area (Å²) in [5.74, 6) is -1.12. The van der Waals surface area contributed by atoms with Crippen LogP contribution < -0.4 is 40.0 Å². The van der Waals surface area contributed by atoms with Gasteiger partial charge in [0.25, 0.3) is 0 Å². The van der Waals surface area contributed by atoms with Crippen LogP contribution in [0, 0.1) is 0 Å². The standard InChI is InChI=1S/C20H22N2O3.Na/c1-2-20-9-5-11-22-16(19(24)25)12-14(18(20)22)13-6-3-4-7-15(13)21-17(23)8-10-20;/h3-4,6-7,12H,2,5,8-11H2,1H3,(H,21,23)(H,24,25);/q;+1/p-1/t20-;/m1./s1. The third kappa shape index (κ3) is 2.92. The summed E-state index contributed by atoms with van der Waals surface area (Å²) in [5.41, 5.74) is 3.67. The quantitative estimate of drug-likeness (QED) is 0.747. The molecule has 0 unspecified atom stereocenters. The number of fused-ring (bicyclic) bond motifs is 2. The van der Waals surface area contributed by atoms with Crippen LogP contribution in [0.4, 0.5) is 5.69 Å². The number of amides is 1. The number of rotatable bonds is 2. The van der Waals surface area contributed by atoms with Crippen molar-refractivity contribution in [3.05, 3.63) is 41.7 Å². The molecule has 1 aromatic carbocycles. The van der Waals surface area contributed by atoms with Crippen molar-refractivity contribution in [1.29, 1.82) is 0 Å². The van der Waals surface area contributed by atoms with Crippen LogP contribution in [0.5, 0.6) is 0 Å². The average molecular weight is 360 g/mol. The van der Waals surface area contributed by atoms with Crippen molar-refractivity contribution in [3.63, 3.8) is 0 Å². The zero-order chi connectivity index (χ0) is 17.6. The van der Waals surface area contributed by atoms with E-state index >= 15 is 0 Å². The molecule has 2 aromatic rings. The predicted molar refractivity (Wildman–Crippen MR) is 93.3 cm³/mol. The van der Waals surface area contributed by atoms with E-state index in [9.17, 15) is 14.7 Å². The molecule has 1 aromatic heterocycles. The molecule has 1 amide bonds. The van der Waals surface area contributed by atoms with Crippen molar-refractivity contribution >= 4 is 17.6 Å². The molecular formula is C20H21N2NaO3. The average Bonchev–Trinajstić information content (AvgIpc) is 3.02. The summed E-state index contributed by atoms with van der Waals surface area (Å²) in [7, 11) is 0. The first-order chi connectivity index (χ1) is 12.1. The molecule has 0 saturated carbocycles. The monoisotopic (exact) mass is 360 g/mol. The molecular weight excluding hydrogens is 339 g/mol. The fourth-order valence-corrected chi connectivity index (χ4v) is 4.58. The number of carbonyl (C=O) groups excluding carboxylic acids is 2.